The minimum absolute atomic E-state index is 0.0230. The van der Waals surface area contributed by atoms with Crippen LogP contribution in [0.25, 0.3) is 0 Å². The average Bonchev–Trinajstić information content (AvgIpc) is 2.32. The highest BCUT2D eigenvalue weighted by Gasteiger charge is 2.07. The highest BCUT2D eigenvalue weighted by Crippen LogP contribution is 2.09. The largest absolute Gasteiger partial charge is 0.396 e. The molecular formula is C14H21NO2. The van der Waals surface area contributed by atoms with Gasteiger partial charge in [0.05, 0.1) is 6.61 Å². The molecule has 0 spiro atoms. The zero-order valence-electron chi connectivity index (χ0n) is 10.6. The molecule has 0 saturated carbocycles. The number of rotatable bonds is 6. The van der Waals surface area contributed by atoms with Crippen molar-refractivity contribution >= 4 is 5.91 Å². The van der Waals surface area contributed by atoms with Crippen LogP contribution in [0.2, 0.25) is 0 Å². The first kappa shape index (κ1) is 13.7. The molecule has 0 radical (unpaired) electrons. The van der Waals surface area contributed by atoms with Crippen molar-refractivity contribution in [3.8, 4) is 0 Å². The summed E-state index contributed by atoms with van der Waals surface area (Å²) >= 11 is 0. The molecular weight excluding hydrogens is 214 g/mol. The Morgan fingerprint density at radius 1 is 1.24 bits per heavy atom. The smallest absolute Gasteiger partial charge is 0.224 e. The van der Waals surface area contributed by atoms with Crippen molar-refractivity contribution in [3.05, 3.63) is 35.4 Å². The van der Waals surface area contributed by atoms with Crippen molar-refractivity contribution in [2.24, 2.45) is 0 Å². The molecule has 1 aromatic carbocycles. The molecule has 1 rings (SSSR count). The van der Waals surface area contributed by atoms with Gasteiger partial charge in [-0.05, 0) is 17.5 Å². The van der Waals surface area contributed by atoms with Crippen molar-refractivity contribution in [1.29, 1.82) is 0 Å². The summed E-state index contributed by atoms with van der Waals surface area (Å²) in [7, 11) is 1.76. The van der Waals surface area contributed by atoms with E-state index in [1.54, 1.807) is 11.9 Å². The number of aliphatic hydroxyl groups is 1. The normalized spacial score (nSPS) is 10.3. The van der Waals surface area contributed by atoms with Gasteiger partial charge in [-0.3, -0.25) is 4.79 Å². The predicted octanol–water partition coefficient (Wildman–Crippen LogP) is 1.98. The average molecular weight is 235 g/mol. The van der Waals surface area contributed by atoms with Crippen LogP contribution in [-0.2, 0) is 17.8 Å². The molecule has 0 bridgehead atoms. The van der Waals surface area contributed by atoms with Crippen LogP contribution < -0.4 is 0 Å². The van der Waals surface area contributed by atoms with Gasteiger partial charge in [-0.15, -0.1) is 0 Å². The fraction of sp³-hybridized carbons (Fsp3) is 0.500. The lowest BCUT2D eigenvalue weighted by Crippen LogP contribution is -2.26. The first-order valence-electron chi connectivity index (χ1n) is 6.10. The molecule has 0 aliphatic heterocycles. The van der Waals surface area contributed by atoms with Crippen LogP contribution in [0.1, 0.15) is 30.9 Å². The monoisotopic (exact) mass is 235 g/mol. The second-order valence-electron chi connectivity index (χ2n) is 4.29. The Kier molecular flexibility index (Phi) is 5.70. The van der Waals surface area contributed by atoms with Gasteiger partial charge >= 0.3 is 0 Å². The molecule has 17 heavy (non-hydrogen) atoms. The lowest BCUT2D eigenvalue weighted by molar-refractivity contribution is -0.131. The molecule has 0 unspecified atom stereocenters. The van der Waals surface area contributed by atoms with Gasteiger partial charge in [0.1, 0.15) is 0 Å². The number of carbonyl (C=O) groups excluding carboxylic acids is 1. The van der Waals surface area contributed by atoms with Crippen LogP contribution in [-0.4, -0.2) is 29.6 Å². The Bertz CT molecular complexity index is 346. The van der Waals surface area contributed by atoms with Crippen molar-refractivity contribution in [3.63, 3.8) is 0 Å². The number of carbonyl (C=O) groups is 1. The topological polar surface area (TPSA) is 40.5 Å². The van der Waals surface area contributed by atoms with Gasteiger partial charge in [-0.2, -0.15) is 0 Å². The standard InChI is InChI=1S/C14H21NO2/c1-3-4-12-5-7-13(8-6-12)11-15(2)14(17)9-10-16/h5-8,16H,3-4,9-11H2,1-2H3. The van der Waals surface area contributed by atoms with Gasteiger partial charge in [-0.25, -0.2) is 0 Å². The van der Waals surface area contributed by atoms with E-state index in [1.807, 2.05) is 0 Å². The minimum Gasteiger partial charge on any atom is -0.396 e. The summed E-state index contributed by atoms with van der Waals surface area (Å²) in [5, 5.41) is 8.70. The predicted molar refractivity (Wildman–Crippen MR) is 68.6 cm³/mol. The molecule has 1 N–H and O–H groups in total. The van der Waals surface area contributed by atoms with Crippen LogP contribution in [0.4, 0.5) is 0 Å². The Hall–Kier alpha value is -1.35. The van der Waals surface area contributed by atoms with E-state index in [2.05, 4.69) is 31.2 Å². The van der Waals surface area contributed by atoms with E-state index in [0.717, 1.165) is 18.4 Å². The third-order valence-corrected chi connectivity index (χ3v) is 2.73. The first-order valence-corrected chi connectivity index (χ1v) is 6.10. The highest BCUT2D eigenvalue weighted by atomic mass is 16.3. The van der Waals surface area contributed by atoms with Gasteiger partial charge in [0.2, 0.25) is 5.91 Å². The molecule has 1 aromatic rings. The summed E-state index contributed by atoms with van der Waals surface area (Å²) in [6.07, 6.45) is 2.44. The van der Waals surface area contributed by atoms with Crippen LogP contribution in [0, 0.1) is 0 Å². The summed E-state index contributed by atoms with van der Waals surface area (Å²) in [6.45, 7) is 2.68. The Balaban J connectivity index is 2.53. The second-order valence-corrected chi connectivity index (χ2v) is 4.29. The Labute approximate surface area is 103 Å². The number of aryl methyl sites for hydroxylation is 1. The maximum absolute atomic E-state index is 11.5. The van der Waals surface area contributed by atoms with E-state index in [4.69, 9.17) is 5.11 Å². The van der Waals surface area contributed by atoms with Crippen LogP contribution in [0.5, 0.6) is 0 Å². The third-order valence-electron chi connectivity index (χ3n) is 2.73. The minimum atomic E-state index is -0.0847. The molecule has 1 amide bonds. The van der Waals surface area contributed by atoms with Crippen molar-refractivity contribution in [1.82, 2.24) is 4.90 Å². The molecule has 94 valence electrons. The maximum atomic E-state index is 11.5. The summed E-state index contributed by atoms with van der Waals surface area (Å²) in [6, 6.07) is 8.35. The number of hydrogen-bond donors (Lipinski definition) is 1. The molecule has 0 aromatic heterocycles. The van der Waals surface area contributed by atoms with E-state index in [1.165, 1.54) is 5.56 Å². The molecule has 0 aliphatic carbocycles. The van der Waals surface area contributed by atoms with Crippen LogP contribution >= 0.6 is 0 Å². The highest BCUT2D eigenvalue weighted by molar-refractivity contribution is 5.75. The van der Waals surface area contributed by atoms with Crippen molar-refractivity contribution < 1.29 is 9.90 Å². The number of aliphatic hydroxyl groups excluding tert-OH is 1. The van der Waals surface area contributed by atoms with E-state index < -0.39 is 0 Å². The van der Waals surface area contributed by atoms with Crippen molar-refractivity contribution in [2.45, 2.75) is 32.7 Å². The van der Waals surface area contributed by atoms with Crippen LogP contribution in [0.15, 0.2) is 24.3 Å². The molecule has 0 saturated heterocycles. The number of amides is 1. The van der Waals surface area contributed by atoms with Gasteiger partial charge in [-0.1, -0.05) is 37.6 Å². The van der Waals surface area contributed by atoms with Gasteiger partial charge in [0.25, 0.3) is 0 Å². The Morgan fingerprint density at radius 3 is 2.35 bits per heavy atom. The lowest BCUT2D eigenvalue weighted by Gasteiger charge is -2.16. The summed E-state index contributed by atoms with van der Waals surface area (Å²) in [5.41, 5.74) is 2.46. The summed E-state index contributed by atoms with van der Waals surface area (Å²) < 4.78 is 0. The van der Waals surface area contributed by atoms with Gasteiger partial charge < -0.3 is 10.0 Å². The maximum Gasteiger partial charge on any atom is 0.224 e. The molecule has 3 nitrogen and oxygen atoms in total. The zero-order valence-corrected chi connectivity index (χ0v) is 10.6. The third kappa shape index (κ3) is 4.57. The number of hydrogen-bond acceptors (Lipinski definition) is 2. The van der Waals surface area contributed by atoms with E-state index in [0.29, 0.717) is 6.54 Å². The summed E-state index contributed by atoms with van der Waals surface area (Å²) in [5.74, 6) is -0.0230. The molecule has 0 fully saturated rings. The number of nitrogens with zero attached hydrogens (tertiary/aromatic N) is 1. The van der Waals surface area contributed by atoms with Crippen molar-refractivity contribution in [2.75, 3.05) is 13.7 Å². The number of benzene rings is 1. The van der Waals surface area contributed by atoms with E-state index >= 15 is 0 Å². The molecule has 0 atom stereocenters. The van der Waals surface area contributed by atoms with Gasteiger partial charge in [0, 0.05) is 20.0 Å². The fourth-order valence-corrected chi connectivity index (χ4v) is 1.75. The van der Waals surface area contributed by atoms with Gasteiger partial charge in [0.15, 0.2) is 0 Å². The van der Waals surface area contributed by atoms with E-state index in [9.17, 15) is 4.79 Å². The van der Waals surface area contributed by atoms with E-state index in [-0.39, 0.29) is 18.9 Å². The quantitative estimate of drug-likeness (QED) is 0.819. The molecule has 0 heterocycles. The summed E-state index contributed by atoms with van der Waals surface area (Å²) in [4.78, 5) is 13.1. The lowest BCUT2D eigenvalue weighted by atomic mass is 10.1. The van der Waals surface area contributed by atoms with Crippen LogP contribution in [0.3, 0.4) is 0 Å². The first-order chi connectivity index (χ1) is 8.17. The second kappa shape index (κ2) is 7.07. The molecule has 0 aliphatic rings. The zero-order chi connectivity index (χ0) is 12.7. The SMILES string of the molecule is CCCc1ccc(CN(C)C(=O)CCO)cc1. The fourth-order valence-electron chi connectivity index (χ4n) is 1.75. The Morgan fingerprint density at radius 2 is 1.82 bits per heavy atom. The molecule has 3 heteroatoms.